The molecule has 0 amide bonds. The van der Waals surface area contributed by atoms with Gasteiger partial charge < -0.3 is 51.2 Å². The third kappa shape index (κ3) is 14.0. The summed E-state index contributed by atoms with van der Waals surface area (Å²) in [5, 5.41) is 26.9. The summed E-state index contributed by atoms with van der Waals surface area (Å²) < 4.78 is 37.4. The number of aliphatic hydroxyl groups excluding tert-OH is 2. The number of hydrogen-bond donors (Lipinski definition) is 5. The van der Waals surface area contributed by atoms with Gasteiger partial charge >= 0.3 is 7.82 Å². The van der Waals surface area contributed by atoms with Crippen LogP contribution in [0, 0.1) is 40.4 Å². The largest absolute Gasteiger partial charge is 1.00 e. The van der Waals surface area contributed by atoms with E-state index in [-0.39, 0.29) is 95.8 Å². The Balaban J connectivity index is 0.00000820. The van der Waals surface area contributed by atoms with Gasteiger partial charge in [-0.2, -0.15) is 0 Å². The molecule has 2 aromatic carbocycles. The number of benzene rings is 2. The van der Waals surface area contributed by atoms with E-state index in [1.807, 2.05) is 26.0 Å². The molecule has 5 unspecified atom stereocenters. The van der Waals surface area contributed by atoms with Gasteiger partial charge in [0, 0.05) is 42.6 Å². The lowest BCUT2D eigenvalue weighted by atomic mass is 9.46. The van der Waals surface area contributed by atoms with E-state index in [1.54, 1.807) is 24.3 Å². The molecule has 75 heavy (non-hydrogen) atoms. The number of phosphoric acid groups is 1. The smallest absolute Gasteiger partial charge is 0.524 e. The number of quaternary nitrogens is 1. The average Bonchev–Trinajstić information content (AvgIpc) is 3.89. The number of fused-ring (bicyclic) bond motifs is 7. The van der Waals surface area contributed by atoms with Crippen molar-refractivity contribution in [3.05, 3.63) is 89.0 Å². The van der Waals surface area contributed by atoms with Crippen molar-refractivity contribution in [1.29, 1.82) is 0 Å². The number of hydrogen-bond acceptors (Lipinski definition) is 11. The van der Waals surface area contributed by atoms with Gasteiger partial charge in [0.1, 0.15) is 24.6 Å². The quantitative estimate of drug-likeness (QED) is 0.0299. The van der Waals surface area contributed by atoms with Gasteiger partial charge in [0.2, 0.25) is 0 Å². The maximum absolute atomic E-state index is 15.1. The molecule has 1 aliphatic heterocycles. The molecule has 0 radical (unpaired) electrons. The van der Waals surface area contributed by atoms with Gasteiger partial charge in [0.05, 0.1) is 49.8 Å². The van der Waals surface area contributed by atoms with E-state index in [1.165, 1.54) is 18.1 Å². The second-order valence-corrected chi connectivity index (χ2v) is 24.4. The van der Waals surface area contributed by atoms with Gasteiger partial charge in [-0.15, -0.1) is 0 Å². The zero-order valence-corrected chi connectivity index (χ0v) is 46.6. The molecule has 0 bridgehead atoms. The van der Waals surface area contributed by atoms with Crippen molar-refractivity contribution >= 4 is 25.2 Å². The van der Waals surface area contributed by atoms with E-state index in [4.69, 9.17) is 18.7 Å². The number of halogens is 1. The molecule has 2 aromatic rings. The van der Waals surface area contributed by atoms with Crippen molar-refractivity contribution < 1.29 is 74.6 Å². The lowest BCUT2D eigenvalue weighted by molar-refractivity contribution is -0.930. The molecule has 16 heteroatoms. The highest BCUT2D eigenvalue weighted by molar-refractivity contribution is 7.46. The Kier molecular flexibility index (Phi) is 20.8. The van der Waals surface area contributed by atoms with E-state index < -0.39 is 49.2 Å². The first-order chi connectivity index (χ1) is 35.5. The van der Waals surface area contributed by atoms with Crippen molar-refractivity contribution in [2.45, 2.75) is 168 Å². The van der Waals surface area contributed by atoms with E-state index in [0.717, 1.165) is 109 Å². The van der Waals surface area contributed by atoms with Crippen LogP contribution in [0.15, 0.2) is 72.3 Å². The number of aliphatic hydroxyl groups is 2. The molecule has 0 spiro atoms. The summed E-state index contributed by atoms with van der Waals surface area (Å²) in [5.41, 5.74) is 2.19. The van der Waals surface area contributed by atoms with E-state index in [9.17, 15) is 34.2 Å². The fourth-order valence-electron chi connectivity index (χ4n) is 14.6. The molecule has 14 nitrogen and oxygen atoms in total. The minimum absolute atomic E-state index is 0. The first kappa shape index (κ1) is 59.5. The summed E-state index contributed by atoms with van der Waals surface area (Å²) in [5.74, 6) is -1.23. The molecule has 5 N–H and O–H groups in total. The zero-order valence-electron chi connectivity index (χ0n) is 44.9. The minimum atomic E-state index is -4.98. The number of nitrogens with one attached hydrogen (secondary N) is 1. The number of rotatable bonds is 27. The van der Waals surface area contributed by atoms with Crippen molar-refractivity contribution in [3.8, 4) is 5.75 Å². The van der Waals surface area contributed by atoms with Crippen LogP contribution in [0.2, 0.25) is 0 Å². The maximum Gasteiger partial charge on any atom is 0.524 e. The lowest BCUT2D eigenvalue weighted by Gasteiger charge is -2.59. The molecule has 8 rings (SSSR count). The minimum Gasteiger partial charge on any atom is -1.00 e. The zero-order chi connectivity index (χ0) is 52.7. The molecule has 4 saturated carbocycles. The predicted octanol–water partition coefficient (Wildman–Crippen LogP) is 6.08. The highest BCUT2D eigenvalue weighted by atomic mass is 35.5. The summed E-state index contributed by atoms with van der Waals surface area (Å²) >= 11 is 0. The lowest BCUT2D eigenvalue weighted by Crippen LogP contribution is -3.00. The van der Waals surface area contributed by atoms with Crippen molar-refractivity contribution in [3.63, 3.8) is 0 Å². The predicted molar refractivity (Wildman–Crippen MR) is 283 cm³/mol. The summed E-state index contributed by atoms with van der Waals surface area (Å²) in [6.45, 7) is 11.8. The van der Waals surface area contributed by atoms with Crippen LogP contribution in [0.3, 0.4) is 0 Å². The molecule has 1 saturated heterocycles. The fourth-order valence-corrected chi connectivity index (χ4v) is 15.1. The summed E-state index contributed by atoms with van der Waals surface area (Å²) in [4.78, 5) is 62.0. The number of Topliss-reactive ketones (excluding diaryl/α,β-unsaturated/α-hetero) is 2. The van der Waals surface area contributed by atoms with Crippen molar-refractivity contribution in [2.24, 2.45) is 40.4 Å². The second kappa shape index (κ2) is 26.2. The number of likely N-dealkylation sites (N-methyl/N-ethyl adjacent to an activating group) is 1. The van der Waals surface area contributed by atoms with Gasteiger partial charge in [-0.25, -0.2) is 4.57 Å². The van der Waals surface area contributed by atoms with Crippen molar-refractivity contribution in [1.82, 2.24) is 5.32 Å². The van der Waals surface area contributed by atoms with Gasteiger partial charge in [0.15, 0.2) is 17.9 Å². The Morgan fingerprint density at radius 2 is 1.61 bits per heavy atom. The van der Waals surface area contributed by atoms with Gasteiger partial charge in [-0.05, 0) is 137 Å². The Bertz CT molecular complexity index is 2350. The van der Waals surface area contributed by atoms with Crippen LogP contribution in [0.4, 0.5) is 0 Å². The van der Waals surface area contributed by atoms with Gasteiger partial charge in [-0.3, -0.25) is 24.2 Å². The van der Waals surface area contributed by atoms with Gasteiger partial charge in [-0.1, -0.05) is 94.0 Å². The number of aryl methyl sites for hydroxylation is 1. The number of ether oxygens (including phenoxy) is 3. The van der Waals surface area contributed by atoms with E-state index in [2.05, 4.69) is 43.4 Å². The molecule has 5 fully saturated rings. The first-order valence-corrected chi connectivity index (χ1v) is 29.7. The van der Waals surface area contributed by atoms with Crippen LogP contribution < -0.4 is 22.2 Å². The SMILES string of the molecule is CC[N+](CC)(CC(=O)CC(=O)[C@H]1[C@H]2O[C@H](C3CCCCC3)OC2C2C3CCC4=CC(=O)C=C[C@]4(C)C3[C@@H](O)C[C@@]21C)Cc1cc(C(O)CNCCCCCCOCCCCc2ccccc2)ccc1OP(=O)(O)O.[Cl-]. The standard InChI is InChI=1S/C59H85N2O12P.ClH/c1-5-61(6-2,38-43-33-42(24-27-51(43)73-74(67,68)69)50(66)37-60-30-16-7-8-17-31-70-32-18-15-21-40-19-11-9-12-20-40)39-46(63)35-48(64)54-56-55(71-57(72-56)41-22-13-10-14-23-41)53-47-26-25-44-34-45(62)28-29-58(44,3)52(47)49(65)36-59(53,54)4;/h9,11-12,19-20,24,27-29,33-34,41,47,49-50,52-57,60,65-66H,5-8,10,13-18,21-23,25-26,30-32,35-39H2,1-4H3,(H-,67,68,69);1H/t47?,49-,50?,52?,53?,54-,55?,56+,57+,58-,59-;/m0./s1. The number of nitrogens with zero attached hydrogens (tertiary/aromatic N) is 1. The maximum atomic E-state index is 15.1. The van der Waals surface area contributed by atoms with Crippen LogP contribution in [0.1, 0.15) is 147 Å². The molecule has 6 aliphatic rings. The third-order valence-electron chi connectivity index (χ3n) is 18.5. The molecule has 1 heterocycles. The Morgan fingerprint density at radius 1 is 0.907 bits per heavy atom. The topological polar surface area (TPSA) is 198 Å². The number of carbonyl (C=O) groups excluding carboxylic acids is 3. The Morgan fingerprint density at radius 3 is 2.33 bits per heavy atom. The van der Waals surface area contributed by atoms with Crippen molar-refractivity contribution in [2.75, 3.05) is 45.9 Å². The summed E-state index contributed by atoms with van der Waals surface area (Å²) in [7, 11) is -4.98. The fraction of sp³-hybridized carbons (Fsp3) is 0.678. The van der Waals surface area contributed by atoms with Crippen LogP contribution in [-0.2, 0) is 46.1 Å². The first-order valence-electron chi connectivity index (χ1n) is 28.2. The summed E-state index contributed by atoms with van der Waals surface area (Å²) in [6.07, 6.45) is 16.5. The van der Waals surface area contributed by atoms with E-state index >= 15 is 4.79 Å². The number of carbonyl (C=O) groups is 3. The van der Waals surface area contributed by atoms with Gasteiger partial charge in [0.25, 0.3) is 0 Å². The molecular formula is C59H86ClN2O12P. The summed E-state index contributed by atoms with van der Waals surface area (Å²) in [6, 6.07) is 15.3. The van der Waals surface area contributed by atoms with Crippen LogP contribution in [-0.4, -0.2) is 112 Å². The van der Waals surface area contributed by atoms with Crippen LogP contribution in [0.25, 0.3) is 0 Å². The second-order valence-electron chi connectivity index (χ2n) is 23.3. The van der Waals surface area contributed by atoms with E-state index in [0.29, 0.717) is 30.6 Å². The Labute approximate surface area is 452 Å². The highest BCUT2D eigenvalue weighted by Crippen LogP contribution is 2.68. The molecule has 5 aliphatic carbocycles. The third-order valence-corrected chi connectivity index (χ3v) is 18.9. The van der Waals surface area contributed by atoms with Crippen LogP contribution >= 0.6 is 7.82 Å². The monoisotopic (exact) mass is 1080 g/mol. The Hall–Kier alpha value is -3.11. The highest BCUT2D eigenvalue weighted by Gasteiger charge is 2.71. The number of unbranched alkanes of at least 4 members (excludes halogenated alkanes) is 4. The average molecular weight is 1080 g/mol. The number of phosphoric ester groups is 1. The molecular weight excluding hydrogens is 995 g/mol. The number of ketones is 3. The molecule has 0 aromatic heterocycles. The normalized spacial score (nSPS) is 29.9. The molecule has 11 atom stereocenters. The van der Waals surface area contributed by atoms with Crippen LogP contribution in [0.5, 0.6) is 5.75 Å². The number of allylic oxidation sites excluding steroid dienone is 4. The molecule has 416 valence electrons.